The van der Waals surface area contributed by atoms with Crippen LogP contribution < -0.4 is 5.32 Å². The Morgan fingerprint density at radius 3 is 3.00 bits per heavy atom. The van der Waals surface area contributed by atoms with Crippen molar-refractivity contribution in [3.05, 3.63) is 29.6 Å². The Hall–Kier alpha value is -1.42. The Morgan fingerprint density at radius 1 is 1.59 bits per heavy atom. The molecule has 1 atom stereocenters. The van der Waals surface area contributed by atoms with E-state index in [0.29, 0.717) is 12.5 Å². The molecule has 1 aliphatic rings. The molecule has 4 heteroatoms. The standard InChI is InChI=1S/C13H19N3O/c1-10-3-4-11(8-15-10)7-13(17)16(2)12-5-6-14-9-12/h3-4,8,12,14H,5-7,9H2,1-2H3/t12-/m1/s1. The Balaban J connectivity index is 1.93. The van der Waals surface area contributed by atoms with Gasteiger partial charge < -0.3 is 10.2 Å². The molecule has 0 bridgehead atoms. The van der Waals surface area contributed by atoms with E-state index < -0.39 is 0 Å². The topological polar surface area (TPSA) is 45.2 Å². The summed E-state index contributed by atoms with van der Waals surface area (Å²) >= 11 is 0. The van der Waals surface area contributed by atoms with E-state index in [9.17, 15) is 4.79 Å². The molecule has 0 aliphatic carbocycles. The maximum Gasteiger partial charge on any atom is 0.227 e. The van der Waals surface area contributed by atoms with Crippen LogP contribution in [-0.2, 0) is 11.2 Å². The van der Waals surface area contributed by atoms with Crippen molar-refractivity contribution in [2.45, 2.75) is 25.8 Å². The number of pyridine rings is 1. The van der Waals surface area contributed by atoms with E-state index in [4.69, 9.17) is 0 Å². The summed E-state index contributed by atoms with van der Waals surface area (Å²) in [5.74, 6) is 0.171. The third-order valence-corrected chi connectivity index (χ3v) is 3.30. The number of likely N-dealkylation sites (N-methyl/N-ethyl adjacent to an activating group) is 1. The maximum atomic E-state index is 12.1. The predicted molar refractivity (Wildman–Crippen MR) is 66.7 cm³/mol. The fraction of sp³-hybridized carbons (Fsp3) is 0.538. The number of nitrogens with zero attached hydrogens (tertiary/aromatic N) is 2. The van der Waals surface area contributed by atoms with E-state index in [-0.39, 0.29) is 5.91 Å². The van der Waals surface area contributed by atoms with Crippen LogP contribution in [0.3, 0.4) is 0 Å². The second kappa shape index (κ2) is 5.27. The van der Waals surface area contributed by atoms with Gasteiger partial charge in [0.25, 0.3) is 0 Å². The Labute approximate surface area is 102 Å². The fourth-order valence-electron chi connectivity index (χ4n) is 2.08. The molecule has 0 spiro atoms. The monoisotopic (exact) mass is 233 g/mol. The van der Waals surface area contributed by atoms with Crippen LogP contribution >= 0.6 is 0 Å². The second-order valence-corrected chi connectivity index (χ2v) is 4.64. The number of carbonyl (C=O) groups is 1. The predicted octanol–water partition coefficient (Wildman–Crippen LogP) is 0.753. The average Bonchev–Trinajstić information content (AvgIpc) is 2.84. The third-order valence-electron chi connectivity index (χ3n) is 3.30. The van der Waals surface area contributed by atoms with Gasteiger partial charge in [-0.25, -0.2) is 0 Å². The van der Waals surface area contributed by atoms with Gasteiger partial charge in [0.05, 0.1) is 6.42 Å². The van der Waals surface area contributed by atoms with Crippen molar-refractivity contribution in [3.63, 3.8) is 0 Å². The zero-order chi connectivity index (χ0) is 12.3. The highest BCUT2D eigenvalue weighted by Crippen LogP contribution is 2.09. The van der Waals surface area contributed by atoms with E-state index in [1.54, 1.807) is 6.20 Å². The van der Waals surface area contributed by atoms with E-state index >= 15 is 0 Å². The molecule has 0 saturated carbocycles. The highest BCUT2D eigenvalue weighted by molar-refractivity contribution is 5.78. The van der Waals surface area contributed by atoms with Crippen molar-refractivity contribution in [3.8, 4) is 0 Å². The fourth-order valence-corrected chi connectivity index (χ4v) is 2.08. The smallest absolute Gasteiger partial charge is 0.227 e. The molecule has 1 saturated heterocycles. The number of nitrogens with one attached hydrogen (secondary N) is 1. The van der Waals surface area contributed by atoms with E-state index in [1.165, 1.54) is 0 Å². The zero-order valence-electron chi connectivity index (χ0n) is 10.4. The van der Waals surface area contributed by atoms with Gasteiger partial charge in [-0.1, -0.05) is 6.07 Å². The van der Waals surface area contributed by atoms with Gasteiger partial charge in [0.1, 0.15) is 0 Å². The first kappa shape index (κ1) is 12.0. The Kier molecular flexibility index (Phi) is 3.74. The molecule has 0 radical (unpaired) electrons. The number of hydrogen-bond donors (Lipinski definition) is 1. The van der Waals surface area contributed by atoms with Crippen LogP contribution in [0.25, 0.3) is 0 Å². The van der Waals surface area contributed by atoms with Crippen molar-refractivity contribution in [1.29, 1.82) is 0 Å². The van der Waals surface area contributed by atoms with Gasteiger partial charge >= 0.3 is 0 Å². The molecule has 17 heavy (non-hydrogen) atoms. The molecule has 4 nitrogen and oxygen atoms in total. The minimum absolute atomic E-state index is 0.171. The molecular weight excluding hydrogens is 214 g/mol. The summed E-state index contributed by atoms with van der Waals surface area (Å²) in [6.07, 6.45) is 3.28. The van der Waals surface area contributed by atoms with Crippen molar-refractivity contribution in [2.24, 2.45) is 0 Å². The lowest BCUT2D eigenvalue weighted by Gasteiger charge is -2.23. The van der Waals surface area contributed by atoms with Gasteiger partial charge in [-0.05, 0) is 31.5 Å². The minimum atomic E-state index is 0.171. The van der Waals surface area contributed by atoms with Crippen LogP contribution in [-0.4, -0.2) is 42.0 Å². The summed E-state index contributed by atoms with van der Waals surface area (Å²) in [5, 5.41) is 3.27. The normalized spacial score (nSPS) is 19.3. The summed E-state index contributed by atoms with van der Waals surface area (Å²) < 4.78 is 0. The first-order valence-electron chi connectivity index (χ1n) is 6.05. The number of hydrogen-bond acceptors (Lipinski definition) is 3. The summed E-state index contributed by atoms with van der Waals surface area (Å²) in [4.78, 5) is 18.1. The Bertz CT molecular complexity index is 382. The molecule has 1 aromatic rings. The molecule has 1 fully saturated rings. The van der Waals surface area contributed by atoms with Crippen LogP contribution in [0.1, 0.15) is 17.7 Å². The average molecular weight is 233 g/mol. The lowest BCUT2D eigenvalue weighted by atomic mass is 10.1. The van der Waals surface area contributed by atoms with Gasteiger partial charge in [0.15, 0.2) is 0 Å². The lowest BCUT2D eigenvalue weighted by molar-refractivity contribution is -0.130. The number of aromatic nitrogens is 1. The molecule has 1 aromatic heterocycles. The molecule has 1 N–H and O–H groups in total. The van der Waals surface area contributed by atoms with E-state index in [2.05, 4.69) is 10.3 Å². The summed E-state index contributed by atoms with van der Waals surface area (Å²) in [6, 6.07) is 4.27. The van der Waals surface area contributed by atoms with Gasteiger partial charge in [-0.2, -0.15) is 0 Å². The number of amides is 1. The van der Waals surface area contributed by atoms with Gasteiger partial charge in [0, 0.05) is 31.5 Å². The molecule has 2 rings (SSSR count). The van der Waals surface area contributed by atoms with Crippen LogP contribution in [0.5, 0.6) is 0 Å². The van der Waals surface area contributed by atoms with Gasteiger partial charge in [-0.15, -0.1) is 0 Å². The number of rotatable bonds is 3. The first-order chi connectivity index (χ1) is 8.16. The van der Waals surface area contributed by atoms with Crippen molar-refractivity contribution < 1.29 is 4.79 Å². The highest BCUT2D eigenvalue weighted by Gasteiger charge is 2.22. The molecule has 0 unspecified atom stereocenters. The van der Waals surface area contributed by atoms with Crippen LogP contribution in [0.2, 0.25) is 0 Å². The molecule has 2 heterocycles. The summed E-state index contributed by atoms with van der Waals surface area (Å²) in [5.41, 5.74) is 1.97. The molecule has 0 aromatic carbocycles. The summed E-state index contributed by atoms with van der Waals surface area (Å²) in [6.45, 7) is 3.87. The summed E-state index contributed by atoms with van der Waals surface area (Å²) in [7, 11) is 1.89. The van der Waals surface area contributed by atoms with Crippen LogP contribution in [0, 0.1) is 6.92 Å². The van der Waals surface area contributed by atoms with Crippen LogP contribution in [0.4, 0.5) is 0 Å². The number of carbonyl (C=O) groups excluding carboxylic acids is 1. The van der Waals surface area contributed by atoms with E-state index in [0.717, 1.165) is 30.8 Å². The van der Waals surface area contributed by atoms with Gasteiger partial charge in [0.2, 0.25) is 5.91 Å². The van der Waals surface area contributed by atoms with Crippen molar-refractivity contribution in [2.75, 3.05) is 20.1 Å². The molecular formula is C13H19N3O. The largest absolute Gasteiger partial charge is 0.341 e. The molecule has 1 aliphatic heterocycles. The molecule has 1 amide bonds. The van der Waals surface area contributed by atoms with Gasteiger partial charge in [-0.3, -0.25) is 9.78 Å². The lowest BCUT2D eigenvalue weighted by Crippen LogP contribution is -2.39. The Morgan fingerprint density at radius 2 is 2.41 bits per heavy atom. The maximum absolute atomic E-state index is 12.1. The van der Waals surface area contributed by atoms with Crippen molar-refractivity contribution in [1.82, 2.24) is 15.2 Å². The first-order valence-corrected chi connectivity index (χ1v) is 6.05. The van der Waals surface area contributed by atoms with Crippen LogP contribution in [0.15, 0.2) is 18.3 Å². The molecule has 92 valence electrons. The third kappa shape index (κ3) is 3.03. The highest BCUT2D eigenvalue weighted by atomic mass is 16.2. The minimum Gasteiger partial charge on any atom is -0.341 e. The second-order valence-electron chi connectivity index (χ2n) is 4.64. The van der Waals surface area contributed by atoms with E-state index in [1.807, 2.05) is 31.0 Å². The number of aryl methyl sites for hydroxylation is 1. The van der Waals surface area contributed by atoms with Crippen molar-refractivity contribution >= 4 is 5.91 Å². The SMILES string of the molecule is Cc1ccc(CC(=O)N(C)[C@@H]2CCNC2)cn1. The zero-order valence-corrected chi connectivity index (χ0v) is 10.4. The quantitative estimate of drug-likeness (QED) is 0.838.